The molecule has 4 nitrogen and oxygen atoms in total. The second-order valence-corrected chi connectivity index (χ2v) is 6.30. The Hall–Kier alpha value is -1.76. The van der Waals surface area contributed by atoms with Crippen LogP contribution in [0.1, 0.15) is 90.9 Å². The molecule has 26 heavy (non-hydrogen) atoms. The molecule has 0 fully saturated rings. The van der Waals surface area contributed by atoms with E-state index in [2.05, 4.69) is 18.8 Å². The third kappa shape index (κ3) is 18.6. The number of esters is 2. The van der Waals surface area contributed by atoms with Crippen molar-refractivity contribution in [3.05, 3.63) is 12.2 Å². The van der Waals surface area contributed by atoms with E-state index in [1.165, 1.54) is 44.9 Å². The van der Waals surface area contributed by atoms with E-state index < -0.39 is 5.97 Å². The number of carbonyl (C=O) groups is 2. The van der Waals surface area contributed by atoms with Crippen molar-refractivity contribution in [1.29, 1.82) is 0 Å². The molecule has 0 spiro atoms. The minimum Gasteiger partial charge on any atom is -0.461 e. The molecule has 0 amide bonds. The van der Waals surface area contributed by atoms with Gasteiger partial charge < -0.3 is 9.47 Å². The maximum absolute atomic E-state index is 11.5. The van der Waals surface area contributed by atoms with Gasteiger partial charge in [-0.2, -0.15) is 0 Å². The Morgan fingerprint density at radius 3 is 2.04 bits per heavy atom. The second kappa shape index (κ2) is 19.6. The smallest absolute Gasteiger partial charge is 0.307 e. The molecule has 0 heterocycles. The summed E-state index contributed by atoms with van der Waals surface area (Å²) in [6.07, 6.45) is 15.8. The van der Waals surface area contributed by atoms with E-state index in [1.807, 2.05) is 13.0 Å². The molecule has 0 aliphatic heterocycles. The molecular weight excluding hydrogens is 328 g/mol. The summed E-state index contributed by atoms with van der Waals surface area (Å²) in [5.41, 5.74) is 0. The van der Waals surface area contributed by atoms with Crippen LogP contribution in [0.4, 0.5) is 0 Å². The molecule has 0 aliphatic carbocycles. The van der Waals surface area contributed by atoms with E-state index in [0.29, 0.717) is 0 Å². The highest BCUT2D eigenvalue weighted by Gasteiger charge is 2.07. The van der Waals surface area contributed by atoms with E-state index >= 15 is 0 Å². The van der Waals surface area contributed by atoms with Gasteiger partial charge in [-0.15, -0.1) is 0 Å². The van der Waals surface area contributed by atoms with Gasteiger partial charge in [0.05, 0.1) is 12.8 Å². The molecule has 0 saturated heterocycles. The molecule has 0 aromatic heterocycles. The molecule has 0 N–H and O–H groups in total. The van der Waals surface area contributed by atoms with E-state index in [4.69, 9.17) is 9.47 Å². The summed E-state index contributed by atoms with van der Waals surface area (Å²) in [4.78, 5) is 22.9. The zero-order chi connectivity index (χ0) is 19.3. The first-order valence-electron chi connectivity index (χ1n) is 10.1. The Balaban J connectivity index is 3.46. The number of hydrogen-bond donors (Lipinski definition) is 0. The van der Waals surface area contributed by atoms with E-state index in [1.54, 1.807) is 6.08 Å². The summed E-state index contributed by atoms with van der Waals surface area (Å²) in [6.45, 7) is 4.60. The number of unbranched alkanes of at least 4 members (excludes halogenated alkanes) is 8. The van der Waals surface area contributed by atoms with Crippen LogP contribution in [-0.4, -0.2) is 25.2 Å². The van der Waals surface area contributed by atoms with Gasteiger partial charge in [-0.05, 0) is 12.8 Å². The molecular formula is C22H36O4. The summed E-state index contributed by atoms with van der Waals surface area (Å²) < 4.78 is 9.93. The van der Waals surface area contributed by atoms with Gasteiger partial charge in [-0.1, -0.05) is 82.8 Å². The molecule has 0 unspecified atom stereocenters. The van der Waals surface area contributed by atoms with Crippen molar-refractivity contribution in [1.82, 2.24) is 0 Å². The van der Waals surface area contributed by atoms with Gasteiger partial charge in [0.25, 0.3) is 0 Å². The van der Waals surface area contributed by atoms with Gasteiger partial charge in [0, 0.05) is 6.42 Å². The van der Waals surface area contributed by atoms with Gasteiger partial charge in [0.1, 0.15) is 6.61 Å². The summed E-state index contributed by atoms with van der Waals surface area (Å²) >= 11 is 0. The lowest BCUT2D eigenvalue weighted by Gasteiger charge is -2.02. The lowest BCUT2D eigenvalue weighted by atomic mass is 10.1. The van der Waals surface area contributed by atoms with Crippen molar-refractivity contribution in [2.75, 3.05) is 13.2 Å². The number of carbonyl (C=O) groups excluding carboxylic acids is 2. The molecule has 0 bridgehead atoms. The van der Waals surface area contributed by atoms with E-state index in [0.717, 1.165) is 19.3 Å². The number of ether oxygens (including phenoxy) is 2. The fourth-order valence-corrected chi connectivity index (χ4v) is 2.33. The average Bonchev–Trinajstić information content (AvgIpc) is 2.64. The van der Waals surface area contributed by atoms with Crippen LogP contribution in [0.15, 0.2) is 12.2 Å². The lowest BCUT2D eigenvalue weighted by Crippen LogP contribution is -2.10. The lowest BCUT2D eigenvalue weighted by molar-refractivity contribution is -0.148. The first-order chi connectivity index (χ1) is 12.7. The van der Waals surface area contributed by atoms with Crippen molar-refractivity contribution in [2.24, 2.45) is 0 Å². The van der Waals surface area contributed by atoms with Gasteiger partial charge in [-0.25, -0.2) is 0 Å². The average molecular weight is 365 g/mol. The quantitative estimate of drug-likeness (QED) is 0.170. The molecule has 0 aromatic carbocycles. The predicted octanol–water partition coefficient (Wildman–Crippen LogP) is 5.35. The van der Waals surface area contributed by atoms with Gasteiger partial charge in [0.2, 0.25) is 0 Å². The maximum Gasteiger partial charge on any atom is 0.307 e. The number of rotatable bonds is 15. The van der Waals surface area contributed by atoms with Crippen molar-refractivity contribution < 1.29 is 19.1 Å². The van der Waals surface area contributed by atoms with Gasteiger partial charge in [0.15, 0.2) is 6.61 Å². The standard InChI is InChI=1S/C22H36O4/c1-3-5-7-8-9-10-11-12-13-14-16-20-26-22(24)18-17-21(23)25-19-15-6-4-2/h6,15H,3-5,7-13,17-20H2,1-2H3/b15-6-. The second-order valence-electron chi connectivity index (χ2n) is 6.30. The van der Waals surface area contributed by atoms with Crippen molar-refractivity contribution in [3.63, 3.8) is 0 Å². The van der Waals surface area contributed by atoms with Crippen molar-refractivity contribution in [3.8, 4) is 11.8 Å². The molecule has 0 rings (SSSR count). The zero-order valence-corrected chi connectivity index (χ0v) is 16.7. The van der Waals surface area contributed by atoms with Crippen molar-refractivity contribution >= 4 is 11.9 Å². The zero-order valence-electron chi connectivity index (χ0n) is 16.7. The Labute approximate surface area is 159 Å². The molecule has 0 aliphatic rings. The van der Waals surface area contributed by atoms with Crippen LogP contribution in [-0.2, 0) is 19.1 Å². The minimum absolute atomic E-state index is 0.0377. The van der Waals surface area contributed by atoms with Crippen LogP contribution >= 0.6 is 0 Å². The van der Waals surface area contributed by atoms with Crippen molar-refractivity contribution in [2.45, 2.75) is 90.9 Å². The number of hydrogen-bond acceptors (Lipinski definition) is 4. The Kier molecular flexibility index (Phi) is 18.2. The first kappa shape index (κ1) is 24.2. The van der Waals surface area contributed by atoms with Crippen LogP contribution in [0.25, 0.3) is 0 Å². The summed E-state index contributed by atoms with van der Waals surface area (Å²) in [6, 6.07) is 0. The van der Waals surface area contributed by atoms with Crippen LogP contribution in [0, 0.1) is 11.8 Å². The molecule has 0 aromatic rings. The van der Waals surface area contributed by atoms with Crippen LogP contribution in [0.2, 0.25) is 0 Å². The summed E-state index contributed by atoms with van der Waals surface area (Å²) in [5, 5.41) is 0. The predicted molar refractivity (Wildman–Crippen MR) is 106 cm³/mol. The fraction of sp³-hybridized carbons (Fsp3) is 0.727. The maximum atomic E-state index is 11.5. The molecule has 4 heteroatoms. The highest BCUT2D eigenvalue weighted by atomic mass is 16.5. The van der Waals surface area contributed by atoms with Crippen LogP contribution in [0.3, 0.4) is 0 Å². The third-order valence-corrected chi connectivity index (χ3v) is 3.86. The van der Waals surface area contributed by atoms with Gasteiger partial charge >= 0.3 is 11.9 Å². The normalized spacial score (nSPS) is 10.4. The van der Waals surface area contributed by atoms with Crippen LogP contribution < -0.4 is 0 Å². The Bertz CT molecular complexity index is 443. The van der Waals surface area contributed by atoms with Crippen LogP contribution in [0.5, 0.6) is 0 Å². The van der Waals surface area contributed by atoms with Gasteiger partial charge in [-0.3, -0.25) is 9.59 Å². The highest BCUT2D eigenvalue weighted by Crippen LogP contribution is 2.09. The fourth-order valence-electron chi connectivity index (χ4n) is 2.33. The topological polar surface area (TPSA) is 52.6 Å². The summed E-state index contributed by atoms with van der Waals surface area (Å²) in [5.74, 6) is 5.09. The largest absolute Gasteiger partial charge is 0.461 e. The molecule has 0 radical (unpaired) electrons. The molecule has 0 saturated carbocycles. The first-order valence-corrected chi connectivity index (χ1v) is 10.1. The van der Waals surface area contributed by atoms with E-state index in [9.17, 15) is 9.59 Å². The molecule has 148 valence electrons. The summed E-state index contributed by atoms with van der Waals surface area (Å²) in [7, 11) is 0. The Morgan fingerprint density at radius 2 is 1.38 bits per heavy atom. The minimum atomic E-state index is -0.410. The monoisotopic (exact) mass is 364 g/mol. The van der Waals surface area contributed by atoms with E-state index in [-0.39, 0.29) is 32.0 Å². The SMILES string of the molecule is CC/C=C\COC(=O)CCC(=O)OCC#CCCCCCCCCCC. The third-order valence-electron chi connectivity index (χ3n) is 3.86. The number of allylic oxidation sites excluding steroid dienone is 1. The molecule has 0 atom stereocenters. The Morgan fingerprint density at radius 1 is 0.769 bits per heavy atom. The highest BCUT2D eigenvalue weighted by molar-refractivity contribution is 5.77.